The lowest BCUT2D eigenvalue weighted by molar-refractivity contribution is 0.474. The largest absolute Gasteiger partial charge is 0.506 e. The molecular weight excluding hydrogens is 312 g/mol. The van der Waals surface area contributed by atoms with Crippen LogP contribution in [0.3, 0.4) is 0 Å². The van der Waals surface area contributed by atoms with Crippen molar-refractivity contribution in [2.45, 2.75) is 0 Å². The summed E-state index contributed by atoms with van der Waals surface area (Å²) in [5, 5.41) is 28.1. The van der Waals surface area contributed by atoms with E-state index in [4.69, 9.17) is 11.6 Å². The zero-order chi connectivity index (χ0) is 16.2. The highest BCUT2D eigenvalue weighted by Gasteiger charge is 2.05. The van der Waals surface area contributed by atoms with Crippen molar-refractivity contribution < 1.29 is 10.2 Å². The van der Waals surface area contributed by atoms with Crippen molar-refractivity contribution in [2.24, 2.45) is 10.2 Å². The molecule has 114 valence electrons. The maximum absolute atomic E-state index is 9.94. The van der Waals surface area contributed by atoms with Crippen LogP contribution in [-0.2, 0) is 0 Å². The Bertz CT molecular complexity index is 864. The molecule has 3 aromatic rings. The summed E-state index contributed by atoms with van der Waals surface area (Å²) in [7, 11) is 0. The fourth-order valence-corrected chi connectivity index (χ4v) is 2.26. The van der Waals surface area contributed by atoms with Crippen molar-refractivity contribution in [1.82, 2.24) is 0 Å². The Morgan fingerprint density at radius 3 is 1.96 bits per heavy atom. The molecule has 0 aliphatic rings. The van der Waals surface area contributed by atoms with Crippen molar-refractivity contribution in [3.8, 4) is 22.6 Å². The maximum Gasteiger partial charge on any atom is 0.143 e. The van der Waals surface area contributed by atoms with Crippen LogP contribution in [0, 0.1) is 0 Å². The summed E-state index contributed by atoms with van der Waals surface area (Å²) in [5.41, 5.74) is 2.47. The van der Waals surface area contributed by atoms with Crippen LogP contribution in [0.2, 0.25) is 5.02 Å². The van der Waals surface area contributed by atoms with Gasteiger partial charge >= 0.3 is 0 Å². The van der Waals surface area contributed by atoms with Gasteiger partial charge in [0.25, 0.3) is 0 Å². The van der Waals surface area contributed by atoms with Gasteiger partial charge < -0.3 is 10.2 Å². The summed E-state index contributed by atoms with van der Waals surface area (Å²) >= 11 is 5.87. The molecule has 5 heteroatoms. The third kappa shape index (κ3) is 3.49. The van der Waals surface area contributed by atoms with Crippen LogP contribution < -0.4 is 0 Å². The number of benzene rings is 3. The van der Waals surface area contributed by atoms with Crippen LogP contribution in [0.4, 0.5) is 11.4 Å². The number of hydrogen-bond donors (Lipinski definition) is 2. The molecule has 23 heavy (non-hydrogen) atoms. The number of phenolic OH excluding ortho intramolecular Hbond substituents is 2. The average molecular weight is 325 g/mol. The van der Waals surface area contributed by atoms with Gasteiger partial charge in [-0.15, -0.1) is 10.2 Å². The molecular formula is C18H13ClN2O2. The first-order chi connectivity index (χ1) is 11.1. The van der Waals surface area contributed by atoms with E-state index in [2.05, 4.69) is 10.2 Å². The van der Waals surface area contributed by atoms with Crippen LogP contribution >= 0.6 is 11.6 Å². The van der Waals surface area contributed by atoms with Crippen LogP contribution in [0.25, 0.3) is 11.1 Å². The number of hydrogen-bond acceptors (Lipinski definition) is 4. The zero-order valence-electron chi connectivity index (χ0n) is 12.0. The molecule has 0 spiro atoms. The lowest BCUT2D eigenvalue weighted by Gasteiger charge is -2.04. The maximum atomic E-state index is 9.94. The third-order valence-corrected chi connectivity index (χ3v) is 3.52. The molecule has 0 aliphatic heterocycles. The summed E-state index contributed by atoms with van der Waals surface area (Å²) < 4.78 is 0. The summed E-state index contributed by atoms with van der Waals surface area (Å²) in [6.07, 6.45) is 0. The van der Waals surface area contributed by atoms with Crippen molar-refractivity contribution in [1.29, 1.82) is 0 Å². The number of aromatic hydroxyl groups is 2. The van der Waals surface area contributed by atoms with Gasteiger partial charge in [0.1, 0.15) is 22.9 Å². The second-order valence-electron chi connectivity index (χ2n) is 4.90. The minimum atomic E-state index is -0.0307. The van der Waals surface area contributed by atoms with Crippen molar-refractivity contribution in [3.63, 3.8) is 0 Å². The van der Waals surface area contributed by atoms with Gasteiger partial charge in [-0.1, -0.05) is 48.0 Å². The van der Waals surface area contributed by atoms with E-state index >= 15 is 0 Å². The van der Waals surface area contributed by atoms with Crippen LogP contribution in [0.1, 0.15) is 0 Å². The van der Waals surface area contributed by atoms with Gasteiger partial charge in [-0.25, -0.2) is 0 Å². The molecule has 0 saturated heterocycles. The lowest BCUT2D eigenvalue weighted by atomic mass is 10.1. The summed E-state index contributed by atoms with van der Waals surface area (Å²) in [6.45, 7) is 0. The predicted molar refractivity (Wildman–Crippen MR) is 90.8 cm³/mol. The zero-order valence-corrected chi connectivity index (χ0v) is 12.8. The van der Waals surface area contributed by atoms with E-state index in [1.165, 1.54) is 12.1 Å². The Labute approximate surface area is 138 Å². The van der Waals surface area contributed by atoms with E-state index in [1.807, 2.05) is 30.3 Å². The van der Waals surface area contributed by atoms with Gasteiger partial charge in [0, 0.05) is 5.02 Å². The smallest absolute Gasteiger partial charge is 0.143 e. The fourth-order valence-electron chi connectivity index (χ4n) is 2.10. The molecule has 3 rings (SSSR count). The number of phenols is 2. The Morgan fingerprint density at radius 2 is 1.26 bits per heavy atom. The van der Waals surface area contributed by atoms with E-state index in [0.717, 1.165) is 11.1 Å². The Kier molecular flexibility index (Phi) is 4.26. The molecule has 0 aromatic heterocycles. The quantitative estimate of drug-likeness (QED) is 0.595. The van der Waals surface area contributed by atoms with Gasteiger partial charge in [-0.3, -0.25) is 0 Å². The van der Waals surface area contributed by atoms with E-state index < -0.39 is 0 Å². The molecule has 0 heterocycles. The standard InChI is InChI=1S/C18H13ClN2O2/c19-14-7-9-18(23)16(11-14)21-20-15-10-13(6-8-17(15)22)12-4-2-1-3-5-12/h1-11,22-23H. The fraction of sp³-hybridized carbons (Fsp3) is 0. The number of azo groups is 1. The van der Waals surface area contributed by atoms with Gasteiger partial charge in [0.15, 0.2) is 0 Å². The Morgan fingerprint density at radius 1 is 0.652 bits per heavy atom. The lowest BCUT2D eigenvalue weighted by Crippen LogP contribution is -1.77. The molecule has 0 saturated carbocycles. The number of rotatable bonds is 3. The first-order valence-electron chi connectivity index (χ1n) is 6.92. The SMILES string of the molecule is Oc1ccc(Cl)cc1N=Nc1cc(-c2ccccc2)ccc1O. The molecule has 3 aromatic carbocycles. The van der Waals surface area contributed by atoms with E-state index in [-0.39, 0.29) is 17.2 Å². The van der Waals surface area contributed by atoms with Gasteiger partial charge in [0.05, 0.1) is 0 Å². The summed E-state index contributed by atoms with van der Waals surface area (Å²) in [4.78, 5) is 0. The van der Waals surface area contributed by atoms with E-state index in [0.29, 0.717) is 10.7 Å². The second kappa shape index (κ2) is 6.50. The average Bonchev–Trinajstić information content (AvgIpc) is 2.58. The number of nitrogens with zero attached hydrogens (tertiary/aromatic N) is 2. The first kappa shape index (κ1) is 15.1. The Hall–Kier alpha value is -2.85. The van der Waals surface area contributed by atoms with E-state index in [9.17, 15) is 10.2 Å². The molecule has 0 bridgehead atoms. The minimum absolute atomic E-state index is 0.00921. The van der Waals surface area contributed by atoms with E-state index in [1.54, 1.807) is 24.3 Å². The molecule has 0 amide bonds. The van der Waals surface area contributed by atoms with Gasteiger partial charge in [-0.2, -0.15) is 0 Å². The topological polar surface area (TPSA) is 65.2 Å². The molecule has 0 radical (unpaired) electrons. The molecule has 4 nitrogen and oxygen atoms in total. The van der Waals surface area contributed by atoms with Gasteiger partial charge in [0.2, 0.25) is 0 Å². The normalized spacial score (nSPS) is 11.0. The van der Waals surface area contributed by atoms with Crippen LogP contribution in [-0.4, -0.2) is 10.2 Å². The molecule has 0 unspecified atom stereocenters. The highest BCUT2D eigenvalue weighted by Crippen LogP contribution is 2.35. The van der Waals surface area contributed by atoms with Crippen molar-refractivity contribution >= 4 is 23.0 Å². The summed E-state index contributed by atoms with van der Waals surface area (Å²) in [5.74, 6) is -0.0215. The molecule has 0 fully saturated rings. The highest BCUT2D eigenvalue weighted by molar-refractivity contribution is 6.30. The highest BCUT2D eigenvalue weighted by atomic mass is 35.5. The van der Waals surface area contributed by atoms with Crippen LogP contribution in [0.5, 0.6) is 11.5 Å². The van der Waals surface area contributed by atoms with Gasteiger partial charge in [-0.05, 0) is 41.5 Å². The molecule has 0 atom stereocenters. The minimum Gasteiger partial charge on any atom is -0.506 e. The van der Waals surface area contributed by atoms with Crippen molar-refractivity contribution in [2.75, 3.05) is 0 Å². The first-order valence-corrected chi connectivity index (χ1v) is 7.30. The predicted octanol–water partition coefficient (Wildman–Crippen LogP) is 5.83. The summed E-state index contributed by atoms with van der Waals surface area (Å²) in [6, 6.07) is 19.4. The number of halogens is 1. The third-order valence-electron chi connectivity index (χ3n) is 3.29. The molecule has 2 N–H and O–H groups in total. The van der Waals surface area contributed by atoms with Crippen LogP contribution in [0.15, 0.2) is 77.0 Å². The van der Waals surface area contributed by atoms with Crippen molar-refractivity contribution in [3.05, 3.63) is 71.8 Å². The molecule has 0 aliphatic carbocycles. The second-order valence-corrected chi connectivity index (χ2v) is 5.34. The monoisotopic (exact) mass is 324 g/mol. The Balaban J connectivity index is 1.97.